The monoisotopic (exact) mass is 423 g/mol. The topological polar surface area (TPSA) is 74.7 Å². The normalized spacial score (nSPS) is 23.3. The van der Waals surface area contributed by atoms with Crippen LogP contribution in [0, 0.1) is 3.57 Å². The minimum Gasteiger partial charge on any atom is -0.480 e. The van der Waals surface area contributed by atoms with Crippen LogP contribution in [0.4, 0.5) is 0 Å². The summed E-state index contributed by atoms with van der Waals surface area (Å²) in [6, 6.07) is 6.50. The molecule has 0 aliphatic carbocycles. The number of carboxylic acid groups (broad SMARTS) is 1. The van der Waals surface area contributed by atoms with E-state index in [0.717, 1.165) is 3.57 Å². The maximum absolute atomic E-state index is 12.8. The van der Waals surface area contributed by atoms with Crippen molar-refractivity contribution in [2.24, 2.45) is 0 Å². The van der Waals surface area contributed by atoms with E-state index >= 15 is 0 Å². The van der Waals surface area contributed by atoms with E-state index in [1.165, 1.54) is 16.4 Å². The third-order valence-corrected chi connectivity index (χ3v) is 6.59. The van der Waals surface area contributed by atoms with Gasteiger partial charge in [0.2, 0.25) is 10.0 Å². The number of carbonyl (C=O) groups is 1. The molecule has 0 spiro atoms. The lowest BCUT2D eigenvalue weighted by Gasteiger charge is -2.33. The van der Waals surface area contributed by atoms with E-state index in [-0.39, 0.29) is 11.4 Å². The summed E-state index contributed by atoms with van der Waals surface area (Å²) in [5, 5.41) is 9.61. The molecule has 1 aromatic rings. The first kappa shape index (κ1) is 16.7. The van der Waals surface area contributed by atoms with Crippen molar-refractivity contribution < 1.29 is 18.3 Å². The summed E-state index contributed by atoms with van der Waals surface area (Å²) in [4.78, 5) is 11.9. The van der Waals surface area contributed by atoms with Gasteiger partial charge in [-0.15, -0.1) is 0 Å². The fraction of sp³-hybridized carbons (Fsp3) is 0.500. The molecule has 0 aromatic heterocycles. The number of aliphatic carboxylic acids is 1. The van der Waals surface area contributed by atoms with Crippen LogP contribution in [0.2, 0.25) is 0 Å². The number of hydrogen-bond donors (Lipinski definition) is 1. The molecule has 0 bridgehead atoms. The van der Waals surface area contributed by atoms with Crippen molar-refractivity contribution in [3.8, 4) is 0 Å². The molecule has 1 fully saturated rings. The van der Waals surface area contributed by atoms with Gasteiger partial charge in [-0.3, -0.25) is 4.79 Å². The molecule has 2 rings (SSSR count). The predicted molar refractivity (Wildman–Crippen MR) is 87.6 cm³/mol. The van der Waals surface area contributed by atoms with Gasteiger partial charge in [-0.05, 0) is 66.1 Å². The second kappa shape index (κ2) is 6.21. The molecule has 116 valence electrons. The zero-order chi connectivity index (χ0) is 15.7. The van der Waals surface area contributed by atoms with Gasteiger partial charge in [0, 0.05) is 10.1 Å². The van der Waals surface area contributed by atoms with Crippen molar-refractivity contribution in [3.05, 3.63) is 27.8 Å². The summed E-state index contributed by atoms with van der Waals surface area (Å²) >= 11 is 2.10. The lowest BCUT2D eigenvalue weighted by atomic mass is 9.92. The Labute approximate surface area is 138 Å². The van der Waals surface area contributed by atoms with Gasteiger partial charge in [-0.2, -0.15) is 4.31 Å². The summed E-state index contributed by atoms with van der Waals surface area (Å²) in [6.07, 6.45) is 1.92. The summed E-state index contributed by atoms with van der Waals surface area (Å²) in [7, 11) is -3.78. The summed E-state index contributed by atoms with van der Waals surface area (Å²) in [5.74, 6) is -1.05. The van der Waals surface area contributed by atoms with Gasteiger partial charge in [-0.1, -0.05) is 13.3 Å². The molecule has 21 heavy (non-hydrogen) atoms. The van der Waals surface area contributed by atoms with Crippen LogP contribution < -0.4 is 0 Å². The van der Waals surface area contributed by atoms with E-state index in [0.29, 0.717) is 25.7 Å². The Balaban J connectivity index is 2.47. The Morgan fingerprint density at radius 2 is 2.00 bits per heavy atom. The van der Waals surface area contributed by atoms with Crippen molar-refractivity contribution in [1.29, 1.82) is 0 Å². The first-order chi connectivity index (χ1) is 9.84. The number of halogens is 1. The Hall–Kier alpha value is -0.670. The summed E-state index contributed by atoms with van der Waals surface area (Å²) in [6.45, 7) is 2.14. The van der Waals surface area contributed by atoms with E-state index in [1.807, 2.05) is 6.92 Å². The molecule has 0 saturated carbocycles. The lowest BCUT2D eigenvalue weighted by Crippen LogP contribution is -2.52. The van der Waals surface area contributed by atoms with Crippen LogP contribution in [0.3, 0.4) is 0 Å². The Morgan fingerprint density at radius 1 is 1.38 bits per heavy atom. The highest BCUT2D eigenvalue weighted by molar-refractivity contribution is 14.1. The maximum Gasteiger partial charge on any atom is 0.325 e. The molecule has 1 aromatic carbocycles. The second-order valence-corrected chi connectivity index (χ2v) is 8.33. The van der Waals surface area contributed by atoms with Crippen LogP contribution in [0.5, 0.6) is 0 Å². The third kappa shape index (κ3) is 2.95. The molecule has 0 amide bonds. The van der Waals surface area contributed by atoms with Crippen molar-refractivity contribution in [2.45, 2.75) is 43.0 Å². The highest BCUT2D eigenvalue weighted by atomic mass is 127. The van der Waals surface area contributed by atoms with E-state index in [2.05, 4.69) is 22.6 Å². The smallest absolute Gasteiger partial charge is 0.325 e. The molecule has 0 radical (unpaired) electrons. The Bertz CT molecular complexity index is 629. The Morgan fingerprint density at radius 3 is 2.52 bits per heavy atom. The molecule has 1 aliphatic heterocycles. The summed E-state index contributed by atoms with van der Waals surface area (Å²) in [5.41, 5.74) is -1.30. The molecule has 1 N–H and O–H groups in total. The fourth-order valence-electron chi connectivity index (χ4n) is 2.92. The van der Waals surface area contributed by atoms with Crippen LogP contribution in [-0.4, -0.2) is 35.9 Å². The molecular weight excluding hydrogens is 405 g/mol. The predicted octanol–water partition coefficient (Wildman–Crippen LogP) is 2.70. The van der Waals surface area contributed by atoms with Crippen molar-refractivity contribution in [3.63, 3.8) is 0 Å². The third-order valence-electron chi connectivity index (χ3n) is 3.89. The molecule has 1 unspecified atom stereocenters. The molecule has 1 saturated heterocycles. The SMILES string of the molecule is CCCC1(C(=O)O)CCCN1S(=O)(=O)c1ccc(I)cc1. The van der Waals surface area contributed by atoms with Crippen molar-refractivity contribution in [2.75, 3.05) is 6.54 Å². The zero-order valence-electron chi connectivity index (χ0n) is 11.8. The van der Waals surface area contributed by atoms with Gasteiger partial charge in [0.25, 0.3) is 0 Å². The Kier molecular flexibility index (Phi) is 4.94. The number of carboxylic acids is 1. The molecule has 1 heterocycles. The lowest BCUT2D eigenvalue weighted by molar-refractivity contribution is -0.147. The quantitative estimate of drug-likeness (QED) is 0.740. The van der Waals surface area contributed by atoms with Gasteiger partial charge in [0.05, 0.1) is 4.90 Å². The molecular formula is C14H18INO4S. The average Bonchev–Trinajstić information content (AvgIpc) is 2.85. The number of nitrogens with zero attached hydrogens (tertiary/aromatic N) is 1. The van der Waals surface area contributed by atoms with Crippen LogP contribution >= 0.6 is 22.6 Å². The molecule has 1 atom stereocenters. The standard InChI is InChI=1S/C14H18INO4S/c1-2-8-14(13(17)18)9-3-10-16(14)21(19,20)12-6-4-11(15)5-7-12/h4-7H,2-3,8-10H2,1H3,(H,17,18). The van der Waals surface area contributed by atoms with Crippen molar-refractivity contribution in [1.82, 2.24) is 4.31 Å². The minimum atomic E-state index is -3.78. The number of sulfonamides is 1. The van der Waals surface area contributed by atoms with Gasteiger partial charge in [-0.25, -0.2) is 8.42 Å². The largest absolute Gasteiger partial charge is 0.480 e. The highest BCUT2D eigenvalue weighted by Crippen LogP contribution is 2.38. The molecule has 1 aliphatic rings. The van der Waals surface area contributed by atoms with Crippen LogP contribution in [0.25, 0.3) is 0 Å². The highest BCUT2D eigenvalue weighted by Gasteiger charge is 2.52. The van der Waals surface area contributed by atoms with E-state index in [4.69, 9.17) is 0 Å². The average molecular weight is 423 g/mol. The van der Waals surface area contributed by atoms with E-state index < -0.39 is 21.5 Å². The van der Waals surface area contributed by atoms with Crippen LogP contribution in [-0.2, 0) is 14.8 Å². The maximum atomic E-state index is 12.8. The summed E-state index contributed by atoms with van der Waals surface area (Å²) < 4.78 is 27.7. The number of hydrogen-bond acceptors (Lipinski definition) is 3. The van der Waals surface area contributed by atoms with Gasteiger partial charge < -0.3 is 5.11 Å². The fourth-order valence-corrected chi connectivity index (χ4v) is 5.11. The van der Waals surface area contributed by atoms with E-state index in [1.54, 1.807) is 12.1 Å². The number of rotatable bonds is 5. The van der Waals surface area contributed by atoms with Crippen molar-refractivity contribution >= 4 is 38.6 Å². The van der Waals surface area contributed by atoms with Crippen LogP contribution in [0.1, 0.15) is 32.6 Å². The van der Waals surface area contributed by atoms with Crippen LogP contribution in [0.15, 0.2) is 29.2 Å². The van der Waals surface area contributed by atoms with E-state index in [9.17, 15) is 18.3 Å². The van der Waals surface area contributed by atoms with Gasteiger partial charge in [0.1, 0.15) is 5.54 Å². The number of benzene rings is 1. The molecule has 5 nitrogen and oxygen atoms in total. The molecule has 7 heteroatoms. The van der Waals surface area contributed by atoms with Gasteiger partial charge in [0.15, 0.2) is 0 Å². The zero-order valence-corrected chi connectivity index (χ0v) is 14.7. The van der Waals surface area contributed by atoms with Gasteiger partial charge >= 0.3 is 5.97 Å². The second-order valence-electron chi connectivity index (χ2n) is 5.22. The minimum absolute atomic E-state index is 0.159. The first-order valence-corrected chi connectivity index (χ1v) is 9.38. The first-order valence-electron chi connectivity index (χ1n) is 6.86.